The van der Waals surface area contributed by atoms with Gasteiger partial charge in [-0.25, -0.2) is 9.97 Å². The minimum absolute atomic E-state index is 0.0401. The van der Waals surface area contributed by atoms with E-state index < -0.39 is 0 Å². The molecule has 2 fully saturated rings. The number of ether oxygens (including phenoxy) is 1. The lowest BCUT2D eigenvalue weighted by Gasteiger charge is -2.39. The van der Waals surface area contributed by atoms with Crippen molar-refractivity contribution in [2.24, 2.45) is 5.92 Å². The average Bonchev–Trinajstić information content (AvgIpc) is 2.62. The van der Waals surface area contributed by atoms with Crippen molar-refractivity contribution < 1.29 is 9.53 Å². The van der Waals surface area contributed by atoms with Crippen LogP contribution < -0.4 is 4.90 Å². The van der Waals surface area contributed by atoms with Gasteiger partial charge >= 0.3 is 0 Å². The fourth-order valence-electron chi connectivity index (χ4n) is 3.34. The van der Waals surface area contributed by atoms with Crippen molar-refractivity contribution in [3.8, 4) is 0 Å². The number of hydrogen-bond acceptors (Lipinski definition) is 5. The summed E-state index contributed by atoms with van der Waals surface area (Å²) in [5.41, 5.74) is 0. The molecular weight excluding hydrogens is 280 g/mol. The Morgan fingerprint density at radius 2 is 2.00 bits per heavy atom. The van der Waals surface area contributed by atoms with E-state index in [2.05, 4.69) is 21.8 Å². The lowest BCUT2D eigenvalue weighted by atomic mass is 9.91. The van der Waals surface area contributed by atoms with Gasteiger partial charge in [-0.15, -0.1) is 0 Å². The molecule has 0 aromatic carbocycles. The first-order chi connectivity index (χ1) is 10.8. The lowest BCUT2D eigenvalue weighted by Crippen LogP contribution is -2.53. The third-order valence-corrected chi connectivity index (χ3v) is 4.59. The predicted octanol–water partition coefficient (Wildman–Crippen LogP) is 1.33. The molecule has 0 radical (unpaired) electrons. The van der Waals surface area contributed by atoms with E-state index in [1.165, 1.54) is 0 Å². The second-order valence-electron chi connectivity index (χ2n) is 5.93. The Kier molecular flexibility index (Phi) is 4.87. The van der Waals surface area contributed by atoms with E-state index in [0.717, 1.165) is 58.0 Å². The summed E-state index contributed by atoms with van der Waals surface area (Å²) in [4.78, 5) is 25.4. The summed E-state index contributed by atoms with van der Waals surface area (Å²) < 4.78 is 5.76. The van der Waals surface area contributed by atoms with Gasteiger partial charge in [-0.3, -0.25) is 4.79 Å². The summed E-state index contributed by atoms with van der Waals surface area (Å²) in [6.45, 7) is 5.96. The predicted molar refractivity (Wildman–Crippen MR) is 83.6 cm³/mol. The highest BCUT2D eigenvalue weighted by Crippen LogP contribution is 2.25. The highest BCUT2D eigenvalue weighted by atomic mass is 16.5. The first kappa shape index (κ1) is 15.2. The number of nitrogens with zero attached hydrogens (tertiary/aromatic N) is 4. The lowest BCUT2D eigenvalue weighted by molar-refractivity contribution is -0.145. The van der Waals surface area contributed by atoms with Gasteiger partial charge in [0, 0.05) is 45.2 Å². The third-order valence-electron chi connectivity index (χ3n) is 4.59. The minimum Gasteiger partial charge on any atom is -0.377 e. The summed E-state index contributed by atoms with van der Waals surface area (Å²) in [6, 6.07) is 1.82. The maximum atomic E-state index is 12.8. The number of carbonyl (C=O) groups is 1. The standard InChI is InChI=1S/C16H24N4O2/c1-2-14-13(5-3-12-22-14)15(21)19-8-10-20(11-9-19)16-17-6-4-7-18-16/h4,6-7,13-14H,2-3,5,8-12H2,1H3/t13-,14+/m1/s1. The molecule has 2 aliphatic heterocycles. The monoisotopic (exact) mass is 304 g/mol. The van der Waals surface area contributed by atoms with E-state index in [1.54, 1.807) is 12.4 Å². The Labute approximate surface area is 131 Å². The van der Waals surface area contributed by atoms with Crippen LogP contribution in [0.2, 0.25) is 0 Å². The van der Waals surface area contributed by atoms with Crippen LogP contribution in [0.25, 0.3) is 0 Å². The van der Waals surface area contributed by atoms with Gasteiger partial charge in [0.05, 0.1) is 12.0 Å². The smallest absolute Gasteiger partial charge is 0.228 e. The van der Waals surface area contributed by atoms with E-state index in [4.69, 9.17) is 4.74 Å². The Hall–Kier alpha value is -1.69. The summed E-state index contributed by atoms with van der Waals surface area (Å²) in [5.74, 6) is 1.06. The molecule has 3 rings (SSSR count). The van der Waals surface area contributed by atoms with Crippen molar-refractivity contribution in [1.82, 2.24) is 14.9 Å². The summed E-state index contributed by atoms with van der Waals surface area (Å²) in [5, 5.41) is 0. The number of aromatic nitrogens is 2. The third kappa shape index (κ3) is 3.21. The quantitative estimate of drug-likeness (QED) is 0.843. The van der Waals surface area contributed by atoms with Gasteiger partial charge in [-0.2, -0.15) is 0 Å². The molecule has 0 aliphatic carbocycles. The van der Waals surface area contributed by atoms with E-state index in [9.17, 15) is 4.79 Å². The molecule has 120 valence electrons. The first-order valence-electron chi connectivity index (χ1n) is 8.22. The molecule has 0 bridgehead atoms. The van der Waals surface area contributed by atoms with E-state index in [0.29, 0.717) is 0 Å². The molecule has 22 heavy (non-hydrogen) atoms. The molecule has 6 nitrogen and oxygen atoms in total. The molecule has 1 aromatic rings. The average molecular weight is 304 g/mol. The van der Waals surface area contributed by atoms with Gasteiger partial charge in [-0.05, 0) is 25.3 Å². The first-order valence-corrected chi connectivity index (χ1v) is 8.22. The highest BCUT2D eigenvalue weighted by Gasteiger charge is 2.34. The highest BCUT2D eigenvalue weighted by molar-refractivity contribution is 5.79. The summed E-state index contributed by atoms with van der Waals surface area (Å²) in [6.07, 6.45) is 6.46. The second kappa shape index (κ2) is 7.05. The van der Waals surface area contributed by atoms with Crippen molar-refractivity contribution in [3.63, 3.8) is 0 Å². The van der Waals surface area contributed by atoms with Gasteiger partial charge in [0.2, 0.25) is 11.9 Å². The molecule has 0 saturated carbocycles. The van der Waals surface area contributed by atoms with Crippen LogP contribution in [0.4, 0.5) is 5.95 Å². The fourth-order valence-corrected chi connectivity index (χ4v) is 3.34. The Morgan fingerprint density at radius 1 is 1.27 bits per heavy atom. The van der Waals surface area contributed by atoms with Crippen LogP contribution >= 0.6 is 0 Å². The number of rotatable bonds is 3. The van der Waals surface area contributed by atoms with Crippen molar-refractivity contribution in [1.29, 1.82) is 0 Å². The van der Waals surface area contributed by atoms with Crippen LogP contribution in [-0.4, -0.2) is 59.7 Å². The molecule has 0 unspecified atom stereocenters. The second-order valence-corrected chi connectivity index (χ2v) is 5.93. The molecule has 2 aliphatic rings. The molecule has 6 heteroatoms. The van der Waals surface area contributed by atoms with E-state index in [-0.39, 0.29) is 17.9 Å². The van der Waals surface area contributed by atoms with Crippen molar-refractivity contribution in [2.75, 3.05) is 37.7 Å². The summed E-state index contributed by atoms with van der Waals surface area (Å²) in [7, 11) is 0. The van der Waals surface area contributed by atoms with E-state index >= 15 is 0 Å². The van der Waals surface area contributed by atoms with Gasteiger partial charge < -0.3 is 14.5 Å². The molecular formula is C16H24N4O2. The van der Waals surface area contributed by atoms with E-state index in [1.807, 2.05) is 11.0 Å². The van der Waals surface area contributed by atoms with Crippen LogP contribution in [0.3, 0.4) is 0 Å². The molecule has 2 atom stereocenters. The largest absolute Gasteiger partial charge is 0.377 e. The number of hydrogen-bond donors (Lipinski definition) is 0. The molecule has 0 spiro atoms. The molecule has 2 saturated heterocycles. The fraction of sp³-hybridized carbons (Fsp3) is 0.688. The zero-order valence-electron chi connectivity index (χ0n) is 13.1. The maximum absolute atomic E-state index is 12.8. The minimum atomic E-state index is 0.0401. The normalized spacial score (nSPS) is 26.0. The van der Waals surface area contributed by atoms with Gasteiger partial charge in [0.25, 0.3) is 0 Å². The van der Waals surface area contributed by atoms with Crippen LogP contribution in [-0.2, 0) is 9.53 Å². The molecule has 1 aromatic heterocycles. The van der Waals surface area contributed by atoms with Crippen LogP contribution in [0, 0.1) is 5.92 Å². The van der Waals surface area contributed by atoms with Crippen molar-refractivity contribution in [2.45, 2.75) is 32.3 Å². The number of amides is 1. The van der Waals surface area contributed by atoms with Gasteiger partial charge in [-0.1, -0.05) is 6.92 Å². The zero-order valence-corrected chi connectivity index (χ0v) is 13.1. The Morgan fingerprint density at radius 3 is 2.68 bits per heavy atom. The number of carbonyl (C=O) groups excluding carboxylic acids is 1. The molecule has 0 N–H and O–H groups in total. The van der Waals surface area contributed by atoms with Crippen LogP contribution in [0.5, 0.6) is 0 Å². The number of piperazine rings is 1. The number of anilines is 1. The van der Waals surface area contributed by atoms with Crippen LogP contribution in [0.1, 0.15) is 26.2 Å². The topological polar surface area (TPSA) is 58.6 Å². The SMILES string of the molecule is CC[C@@H]1OCCC[C@H]1C(=O)N1CCN(c2ncccn2)CC1. The zero-order chi connectivity index (χ0) is 15.4. The molecule has 3 heterocycles. The van der Waals surface area contributed by atoms with Crippen LogP contribution in [0.15, 0.2) is 18.5 Å². The van der Waals surface area contributed by atoms with Crippen molar-refractivity contribution in [3.05, 3.63) is 18.5 Å². The summed E-state index contributed by atoms with van der Waals surface area (Å²) >= 11 is 0. The Bertz CT molecular complexity index is 488. The van der Waals surface area contributed by atoms with Crippen molar-refractivity contribution >= 4 is 11.9 Å². The molecule has 1 amide bonds. The van der Waals surface area contributed by atoms with Gasteiger partial charge in [0.1, 0.15) is 0 Å². The van der Waals surface area contributed by atoms with Gasteiger partial charge in [0.15, 0.2) is 0 Å². The maximum Gasteiger partial charge on any atom is 0.228 e. The Balaban J connectivity index is 1.57.